The van der Waals surface area contributed by atoms with Gasteiger partial charge in [0.15, 0.2) is 5.78 Å². The molecule has 0 spiro atoms. The molecule has 4 nitrogen and oxygen atoms in total. The summed E-state index contributed by atoms with van der Waals surface area (Å²) in [5.41, 5.74) is 7.50. The van der Waals surface area contributed by atoms with E-state index in [0.29, 0.717) is 5.56 Å². The summed E-state index contributed by atoms with van der Waals surface area (Å²) in [6.45, 7) is 1.81. The van der Waals surface area contributed by atoms with Crippen molar-refractivity contribution in [2.24, 2.45) is 5.73 Å². The first-order valence-electron chi connectivity index (χ1n) is 4.68. The minimum Gasteiger partial charge on any atom is -0.508 e. The second-order valence-electron chi connectivity index (χ2n) is 3.48. The Kier molecular flexibility index (Phi) is 2.21. The van der Waals surface area contributed by atoms with E-state index in [4.69, 9.17) is 5.73 Å². The number of carbonyl (C=O) groups is 1. The van der Waals surface area contributed by atoms with Crippen molar-refractivity contribution in [2.45, 2.75) is 6.92 Å². The number of aromatic amines is 1. The Labute approximate surface area is 86.7 Å². The lowest BCUT2D eigenvalue weighted by Gasteiger charge is -1.97. The van der Waals surface area contributed by atoms with Crippen molar-refractivity contribution in [3.8, 4) is 5.75 Å². The van der Waals surface area contributed by atoms with Crippen LogP contribution in [-0.4, -0.2) is 22.4 Å². The summed E-state index contributed by atoms with van der Waals surface area (Å²) < 4.78 is 0. The molecule has 0 aliphatic carbocycles. The fraction of sp³-hybridized carbons (Fsp3) is 0.182. The summed E-state index contributed by atoms with van der Waals surface area (Å²) in [4.78, 5) is 14.6. The van der Waals surface area contributed by atoms with Crippen molar-refractivity contribution in [3.05, 3.63) is 29.5 Å². The van der Waals surface area contributed by atoms with Gasteiger partial charge < -0.3 is 15.8 Å². The number of benzene rings is 1. The van der Waals surface area contributed by atoms with Gasteiger partial charge in [-0.1, -0.05) is 0 Å². The van der Waals surface area contributed by atoms with Crippen molar-refractivity contribution in [1.29, 1.82) is 0 Å². The van der Waals surface area contributed by atoms with Gasteiger partial charge in [-0.15, -0.1) is 0 Å². The number of Topliss-reactive ketones (excluding diaryl/α,β-unsaturated/α-hetero) is 1. The van der Waals surface area contributed by atoms with Crippen molar-refractivity contribution in [2.75, 3.05) is 6.54 Å². The van der Waals surface area contributed by atoms with E-state index in [1.165, 1.54) is 0 Å². The van der Waals surface area contributed by atoms with Crippen LogP contribution in [0.4, 0.5) is 0 Å². The topological polar surface area (TPSA) is 79.1 Å². The summed E-state index contributed by atoms with van der Waals surface area (Å²) in [7, 11) is 0. The quantitative estimate of drug-likeness (QED) is 0.645. The molecule has 0 saturated heterocycles. The number of nitrogens with two attached hydrogens (primary N) is 1. The molecule has 15 heavy (non-hydrogen) atoms. The Hall–Kier alpha value is -1.81. The Morgan fingerprint density at radius 3 is 2.93 bits per heavy atom. The van der Waals surface area contributed by atoms with Crippen LogP contribution >= 0.6 is 0 Å². The van der Waals surface area contributed by atoms with Gasteiger partial charge in [-0.3, -0.25) is 4.79 Å². The maximum atomic E-state index is 11.6. The van der Waals surface area contributed by atoms with Gasteiger partial charge in [-0.05, 0) is 19.1 Å². The number of fused-ring (bicyclic) bond motifs is 1. The molecule has 0 atom stereocenters. The molecule has 1 heterocycles. The number of phenolic OH excluding ortho intramolecular Hbond substituents is 1. The first kappa shape index (κ1) is 9.73. The molecule has 2 rings (SSSR count). The van der Waals surface area contributed by atoms with Crippen LogP contribution in [0.25, 0.3) is 10.9 Å². The van der Waals surface area contributed by atoms with Gasteiger partial charge >= 0.3 is 0 Å². The van der Waals surface area contributed by atoms with Crippen LogP contribution in [0.2, 0.25) is 0 Å². The Balaban J connectivity index is 2.73. The predicted molar refractivity (Wildman–Crippen MR) is 58.1 cm³/mol. The van der Waals surface area contributed by atoms with E-state index in [0.717, 1.165) is 16.6 Å². The van der Waals surface area contributed by atoms with Gasteiger partial charge in [0, 0.05) is 22.7 Å². The van der Waals surface area contributed by atoms with Gasteiger partial charge in [0.05, 0.1) is 12.1 Å². The summed E-state index contributed by atoms with van der Waals surface area (Å²) >= 11 is 0. The third-order valence-electron chi connectivity index (χ3n) is 2.43. The molecule has 0 aliphatic heterocycles. The van der Waals surface area contributed by atoms with Gasteiger partial charge in [0.2, 0.25) is 0 Å². The molecule has 1 aromatic carbocycles. The smallest absolute Gasteiger partial charge is 0.178 e. The van der Waals surface area contributed by atoms with Crippen LogP contribution < -0.4 is 5.73 Å². The normalized spacial score (nSPS) is 10.8. The highest BCUT2D eigenvalue weighted by molar-refractivity contribution is 6.10. The van der Waals surface area contributed by atoms with Gasteiger partial charge in [0.1, 0.15) is 5.75 Å². The number of hydrogen-bond acceptors (Lipinski definition) is 3. The number of aromatic nitrogens is 1. The number of H-pyrrole nitrogens is 1. The first-order valence-corrected chi connectivity index (χ1v) is 4.68. The highest BCUT2D eigenvalue weighted by Crippen LogP contribution is 2.25. The average molecular weight is 204 g/mol. The Bertz CT molecular complexity index is 529. The molecule has 0 unspecified atom stereocenters. The van der Waals surface area contributed by atoms with Crippen LogP contribution in [0.5, 0.6) is 5.75 Å². The lowest BCUT2D eigenvalue weighted by molar-refractivity contribution is 0.100. The molecule has 4 heteroatoms. The molecule has 0 bridgehead atoms. The zero-order chi connectivity index (χ0) is 11.0. The van der Waals surface area contributed by atoms with Crippen molar-refractivity contribution >= 4 is 16.7 Å². The second-order valence-corrected chi connectivity index (χ2v) is 3.48. The molecule has 4 N–H and O–H groups in total. The fourth-order valence-electron chi connectivity index (χ4n) is 1.78. The number of rotatable bonds is 2. The summed E-state index contributed by atoms with van der Waals surface area (Å²) in [6.07, 6.45) is 0. The predicted octanol–water partition coefficient (Wildman–Crippen LogP) is 1.32. The molecular weight excluding hydrogens is 192 g/mol. The third-order valence-corrected chi connectivity index (χ3v) is 2.43. The molecule has 0 aliphatic rings. The summed E-state index contributed by atoms with van der Waals surface area (Å²) in [6, 6.07) is 4.87. The van der Waals surface area contributed by atoms with Crippen molar-refractivity contribution in [1.82, 2.24) is 4.98 Å². The van der Waals surface area contributed by atoms with Crippen LogP contribution in [0.3, 0.4) is 0 Å². The maximum absolute atomic E-state index is 11.6. The molecule has 0 fully saturated rings. The zero-order valence-electron chi connectivity index (χ0n) is 8.37. The van der Waals surface area contributed by atoms with Gasteiger partial charge in [-0.25, -0.2) is 0 Å². The van der Waals surface area contributed by atoms with Crippen molar-refractivity contribution < 1.29 is 9.90 Å². The maximum Gasteiger partial charge on any atom is 0.178 e. The molecular formula is C11H12N2O2. The van der Waals surface area contributed by atoms with Crippen molar-refractivity contribution in [3.63, 3.8) is 0 Å². The fourth-order valence-corrected chi connectivity index (χ4v) is 1.78. The van der Waals surface area contributed by atoms with Crippen LogP contribution in [0.1, 0.15) is 16.1 Å². The van der Waals surface area contributed by atoms with E-state index in [1.54, 1.807) is 18.2 Å². The van der Waals surface area contributed by atoms with Gasteiger partial charge in [0.25, 0.3) is 0 Å². The molecule has 78 valence electrons. The SMILES string of the molecule is Cc1[nH]c2cc(O)ccc2c1C(=O)CN. The van der Waals surface area contributed by atoms with Crippen LogP contribution in [0, 0.1) is 6.92 Å². The standard InChI is InChI=1S/C11H12N2O2/c1-6-11(10(15)5-12)8-3-2-7(14)4-9(8)13-6/h2-4,13-14H,5,12H2,1H3. The van der Waals surface area contributed by atoms with Gasteiger partial charge in [-0.2, -0.15) is 0 Å². The van der Waals surface area contributed by atoms with E-state index >= 15 is 0 Å². The van der Waals surface area contributed by atoms with E-state index in [9.17, 15) is 9.90 Å². The van der Waals surface area contributed by atoms with E-state index in [-0.39, 0.29) is 18.1 Å². The number of nitrogens with one attached hydrogen (secondary N) is 1. The minimum atomic E-state index is -0.0931. The monoisotopic (exact) mass is 204 g/mol. The van der Waals surface area contributed by atoms with E-state index < -0.39 is 0 Å². The first-order chi connectivity index (χ1) is 7.13. The minimum absolute atomic E-state index is 0.00529. The number of aryl methyl sites for hydroxylation is 1. The Morgan fingerprint density at radius 1 is 1.53 bits per heavy atom. The largest absolute Gasteiger partial charge is 0.508 e. The highest BCUT2D eigenvalue weighted by Gasteiger charge is 2.14. The summed E-state index contributed by atoms with van der Waals surface area (Å²) in [5.74, 6) is 0.0833. The number of aromatic hydroxyl groups is 1. The number of carbonyl (C=O) groups excluding carboxylic acids is 1. The second kappa shape index (κ2) is 3.40. The molecule has 0 radical (unpaired) electrons. The summed E-state index contributed by atoms with van der Waals surface area (Å²) in [5, 5.41) is 10.1. The zero-order valence-corrected chi connectivity index (χ0v) is 8.37. The van der Waals surface area contributed by atoms with Crippen LogP contribution in [0.15, 0.2) is 18.2 Å². The average Bonchev–Trinajstić information content (AvgIpc) is 2.52. The molecule has 1 aromatic heterocycles. The highest BCUT2D eigenvalue weighted by atomic mass is 16.3. The number of hydrogen-bond donors (Lipinski definition) is 3. The molecule has 2 aromatic rings. The molecule has 0 amide bonds. The number of phenols is 1. The lowest BCUT2D eigenvalue weighted by atomic mass is 10.1. The Morgan fingerprint density at radius 2 is 2.27 bits per heavy atom. The molecule has 0 saturated carbocycles. The lowest BCUT2D eigenvalue weighted by Crippen LogP contribution is -2.14. The number of ketones is 1. The van der Waals surface area contributed by atoms with Crippen LogP contribution in [-0.2, 0) is 0 Å². The van der Waals surface area contributed by atoms with E-state index in [1.807, 2.05) is 6.92 Å². The third kappa shape index (κ3) is 1.49. The van der Waals surface area contributed by atoms with E-state index in [2.05, 4.69) is 4.98 Å².